The maximum Gasteiger partial charge on any atom is 0.169 e. The Kier molecular flexibility index (Phi) is 4.67. The maximum absolute atomic E-state index is 13.2. The van der Waals surface area contributed by atoms with Gasteiger partial charge < -0.3 is 4.57 Å². The number of carbonyl (C=O) groups excluding carboxylic acids is 1. The lowest BCUT2D eigenvalue weighted by molar-refractivity contribution is 0.0946. The van der Waals surface area contributed by atoms with Gasteiger partial charge in [-0.25, -0.2) is 0 Å². The minimum absolute atomic E-state index is 0.0865. The van der Waals surface area contributed by atoms with Crippen LogP contribution in [0.1, 0.15) is 57.3 Å². The van der Waals surface area contributed by atoms with Crippen molar-refractivity contribution in [1.29, 1.82) is 0 Å². The fourth-order valence-corrected chi connectivity index (χ4v) is 4.59. The van der Waals surface area contributed by atoms with E-state index in [4.69, 9.17) is 0 Å². The Morgan fingerprint density at radius 2 is 1.75 bits per heavy atom. The van der Waals surface area contributed by atoms with E-state index in [1.54, 1.807) is 0 Å². The number of Topliss-reactive ketones (excluding diaryl/α,β-unsaturated/α-hetero) is 1. The third kappa shape index (κ3) is 2.75. The molecule has 1 heterocycles. The van der Waals surface area contributed by atoms with Crippen LogP contribution in [0.15, 0.2) is 30.5 Å². The summed E-state index contributed by atoms with van der Waals surface area (Å²) in [5, 5.41) is 2.18. The molecule has 1 aromatic carbocycles. The van der Waals surface area contributed by atoms with E-state index in [-0.39, 0.29) is 16.7 Å². The van der Waals surface area contributed by atoms with Crippen LogP contribution in [0.3, 0.4) is 0 Å². The monoisotopic (exact) mass is 389 g/mol. The highest BCUT2D eigenvalue weighted by Gasteiger charge is 2.68. The van der Waals surface area contributed by atoms with Gasteiger partial charge in [0.05, 0.1) is 0 Å². The number of fused-ring (bicyclic) bond motifs is 1. The van der Waals surface area contributed by atoms with Crippen LogP contribution in [0.4, 0.5) is 0 Å². The lowest BCUT2D eigenvalue weighted by Crippen LogP contribution is -2.07. The van der Waals surface area contributed by atoms with Crippen LogP contribution in [0, 0.1) is 16.7 Å². The summed E-state index contributed by atoms with van der Waals surface area (Å²) in [5.41, 5.74) is 2.28. The first-order valence-electron chi connectivity index (χ1n) is 9.00. The Bertz CT molecular complexity index is 742. The summed E-state index contributed by atoms with van der Waals surface area (Å²) in [7, 11) is 0. The molecule has 1 aliphatic rings. The molecule has 0 bridgehead atoms. The minimum atomic E-state index is 0.0865. The zero-order valence-corrected chi connectivity index (χ0v) is 16.8. The number of carbonyl (C=O) groups is 1. The Balaban J connectivity index is 1.90. The number of unbranched alkanes of at least 4 members (excludes halogenated alkanes) is 2. The zero-order valence-electron chi connectivity index (χ0n) is 15.2. The average Bonchev–Trinajstić information content (AvgIpc) is 2.83. The molecule has 2 aromatic rings. The van der Waals surface area contributed by atoms with Gasteiger partial charge in [0.25, 0.3) is 0 Å². The van der Waals surface area contributed by atoms with E-state index in [0.29, 0.717) is 5.78 Å². The third-order valence-electron chi connectivity index (χ3n) is 6.37. The van der Waals surface area contributed by atoms with Crippen molar-refractivity contribution < 1.29 is 4.79 Å². The second-order valence-corrected chi connectivity index (χ2v) is 9.04. The van der Waals surface area contributed by atoms with Crippen molar-refractivity contribution in [2.75, 3.05) is 5.33 Å². The molecular weight excluding hydrogens is 362 g/mol. The summed E-state index contributed by atoms with van der Waals surface area (Å²) in [6, 6.07) is 8.34. The average molecular weight is 390 g/mol. The van der Waals surface area contributed by atoms with Crippen molar-refractivity contribution in [3.05, 3.63) is 36.0 Å². The van der Waals surface area contributed by atoms with Gasteiger partial charge in [0.15, 0.2) is 5.78 Å². The van der Waals surface area contributed by atoms with Crippen LogP contribution in [0.2, 0.25) is 0 Å². The van der Waals surface area contributed by atoms with Gasteiger partial charge in [-0.2, -0.15) is 0 Å². The largest absolute Gasteiger partial charge is 0.347 e. The molecule has 1 aliphatic carbocycles. The second-order valence-electron chi connectivity index (χ2n) is 8.24. The Morgan fingerprint density at radius 3 is 2.38 bits per heavy atom. The first-order valence-corrected chi connectivity index (χ1v) is 10.1. The normalized spacial score (nSPS) is 18.9. The lowest BCUT2D eigenvalue weighted by atomic mass is 10.0. The van der Waals surface area contributed by atoms with Crippen molar-refractivity contribution in [1.82, 2.24) is 4.57 Å². The first-order chi connectivity index (χ1) is 11.3. The van der Waals surface area contributed by atoms with E-state index >= 15 is 0 Å². The summed E-state index contributed by atoms with van der Waals surface area (Å²) in [5.74, 6) is 0.443. The summed E-state index contributed by atoms with van der Waals surface area (Å²) in [6.45, 7) is 9.85. The van der Waals surface area contributed by atoms with E-state index < -0.39 is 0 Å². The van der Waals surface area contributed by atoms with Gasteiger partial charge in [0.1, 0.15) is 0 Å². The molecular formula is C21H28BrNO. The van der Waals surface area contributed by atoms with Crippen LogP contribution < -0.4 is 0 Å². The number of ketones is 1. The number of alkyl halides is 1. The Labute approximate surface area is 153 Å². The molecule has 0 amide bonds. The molecule has 1 fully saturated rings. The molecule has 2 nitrogen and oxygen atoms in total. The van der Waals surface area contributed by atoms with E-state index in [1.165, 1.54) is 18.4 Å². The molecule has 0 unspecified atom stereocenters. The summed E-state index contributed by atoms with van der Waals surface area (Å²) in [4.78, 5) is 13.2. The molecule has 0 atom stereocenters. The molecule has 130 valence electrons. The van der Waals surface area contributed by atoms with E-state index in [2.05, 4.69) is 72.6 Å². The van der Waals surface area contributed by atoms with Crippen molar-refractivity contribution in [3.63, 3.8) is 0 Å². The van der Waals surface area contributed by atoms with Crippen molar-refractivity contribution in [2.45, 2.75) is 53.5 Å². The number of aryl methyl sites for hydroxylation is 1. The molecule has 0 radical (unpaired) electrons. The summed E-state index contributed by atoms with van der Waals surface area (Å²) in [6.07, 6.45) is 5.67. The number of rotatable bonds is 7. The fourth-order valence-electron chi connectivity index (χ4n) is 4.19. The Morgan fingerprint density at radius 1 is 1.08 bits per heavy atom. The minimum Gasteiger partial charge on any atom is -0.347 e. The highest BCUT2D eigenvalue weighted by molar-refractivity contribution is 9.09. The third-order valence-corrected chi connectivity index (χ3v) is 6.93. The number of benzene rings is 1. The maximum atomic E-state index is 13.2. The van der Waals surface area contributed by atoms with E-state index in [1.807, 2.05) is 6.07 Å². The smallest absolute Gasteiger partial charge is 0.169 e. The lowest BCUT2D eigenvalue weighted by Gasteiger charge is -2.04. The van der Waals surface area contributed by atoms with Gasteiger partial charge >= 0.3 is 0 Å². The number of hydrogen-bond acceptors (Lipinski definition) is 1. The van der Waals surface area contributed by atoms with Crippen LogP contribution >= 0.6 is 15.9 Å². The van der Waals surface area contributed by atoms with Crippen molar-refractivity contribution >= 4 is 32.6 Å². The molecule has 24 heavy (non-hydrogen) atoms. The molecule has 3 rings (SSSR count). The molecule has 1 saturated carbocycles. The predicted octanol–water partition coefficient (Wildman–Crippen LogP) is 6.07. The predicted molar refractivity (Wildman–Crippen MR) is 105 cm³/mol. The SMILES string of the molecule is CC1(C)C(C(=O)c2cn(CCCCCBr)c3ccccc23)C1(C)C. The van der Waals surface area contributed by atoms with Crippen LogP contribution in [0.5, 0.6) is 0 Å². The van der Waals surface area contributed by atoms with Gasteiger partial charge in [-0.05, 0) is 29.7 Å². The summed E-state index contributed by atoms with van der Waals surface area (Å²) < 4.78 is 2.28. The fraction of sp³-hybridized carbons (Fsp3) is 0.571. The molecule has 0 saturated heterocycles. The number of hydrogen-bond donors (Lipinski definition) is 0. The number of halogens is 1. The topological polar surface area (TPSA) is 22.0 Å². The molecule has 3 heteroatoms. The first kappa shape index (κ1) is 17.7. The second kappa shape index (κ2) is 6.33. The van der Waals surface area contributed by atoms with Crippen LogP contribution in [0.25, 0.3) is 10.9 Å². The van der Waals surface area contributed by atoms with Crippen LogP contribution in [-0.2, 0) is 6.54 Å². The quantitative estimate of drug-likeness (QED) is 0.319. The van der Waals surface area contributed by atoms with Crippen molar-refractivity contribution in [3.8, 4) is 0 Å². The highest BCUT2D eigenvalue weighted by Crippen LogP contribution is 2.69. The molecule has 1 aromatic heterocycles. The van der Waals surface area contributed by atoms with Gasteiger partial charge in [0, 0.05) is 40.5 Å². The molecule has 0 aliphatic heterocycles. The standard InChI is InChI=1S/C21H28BrNO/c1-20(2)19(21(20,3)4)18(24)16-14-23(13-9-5-8-12-22)17-11-7-6-10-15(16)17/h6-7,10-11,14,19H,5,8-9,12-13H2,1-4H3. The summed E-state index contributed by atoms with van der Waals surface area (Å²) >= 11 is 3.49. The Hall–Kier alpha value is -1.09. The molecule has 0 spiro atoms. The van der Waals surface area contributed by atoms with Gasteiger partial charge in [-0.3, -0.25) is 4.79 Å². The number of nitrogens with zero attached hydrogens (tertiary/aromatic N) is 1. The molecule has 0 N–H and O–H groups in total. The van der Waals surface area contributed by atoms with Gasteiger partial charge in [-0.15, -0.1) is 0 Å². The zero-order chi connectivity index (χ0) is 17.5. The highest BCUT2D eigenvalue weighted by atomic mass is 79.9. The van der Waals surface area contributed by atoms with E-state index in [0.717, 1.165) is 29.2 Å². The number of aromatic nitrogens is 1. The van der Waals surface area contributed by atoms with Crippen molar-refractivity contribution in [2.24, 2.45) is 16.7 Å². The number of para-hydroxylation sites is 1. The van der Waals surface area contributed by atoms with Gasteiger partial charge in [0.2, 0.25) is 0 Å². The van der Waals surface area contributed by atoms with E-state index in [9.17, 15) is 4.79 Å². The van der Waals surface area contributed by atoms with Gasteiger partial charge in [-0.1, -0.05) is 68.2 Å². The van der Waals surface area contributed by atoms with Crippen LogP contribution in [-0.4, -0.2) is 15.7 Å².